The van der Waals surface area contributed by atoms with Gasteiger partial charge in [-0.15, -0.1) is 0 Å². The van der Waals surface area contributed by atoms with Crippen molar-refractivity contribution in [2.75, 3.05) is 5.32 Å². The fraction of sp³-hybridized carbons (Fsp3) is 0.0588. The molecule has 2 aromatic carbocycles. The number of anilines is 1. The van der Waals surface area contributed by atoms with Crippen molar-refractivity contribution in [3.8, 4) is 5.69 Å². The number of rotatable bonds is 5. The minimum Gasteiger partial charge on any atom is -0.319 e. The topological polar surface area (TPSA) is 46.9 Å². The molecule has 4 nitrogen and oxygen atoms in total. The first-order chi connectivity index (χ1) is 12.0. The van der Waals surface area contributed by atoms with Crippen molar-refractivity contribution >= 4 is 23.4 Å². The largest absolute Gasteiger partial charge is 0.319 e. The van der Waals surface area contributed by atoms with Crippen molar-refractivity contribution in [2.24, 2.45) is 0 Å². The zero-order chi connectivity index (χ0) is 17.8. The van der Waals surface area contributed by atoms with Gasteiger partial charge in [0.05, 0.1) is 23.6 Å². The van der Waals surface area contributed by atoms with Gasteiger partial charge in [-0.2, -0.15) is 13.9 Å². The molecule has 0 radical (unpaired) electrons. The highest BCUT2D eigenvalue weighted by Gasteiger charge is 2.16. The smallest absolute Gasteiger partial charge is 0.288 e. The monoisotopic (exact) mass is 363 g/mol. The number of nitrogens with zero attached hydrogens (tertiary/aromatic N) is 2. The van der Waals surface area contributed by atoms with Crippen LogP contribution in [0.1, 0.15) is 10.4 Å². The molecule has 3 rings (SSSR count). The molecule has 0 aliphatic heterocycles. The van der Waals surface area contributed by atoms with Gasteiger partial charge in [-0.25, -0.2) is 9.07 Å². The standard InChI is InChI=1S/C17H12F3N3OS/c18-13-6-2-3-7-14(13)23-10-11(9-21-23)22-16(24)12-5-1-4-8-15(12)25-17(19)20/h1-10,17H,(H,22,24). The Labute approximate surface area is 145 Å². The second kappa shape index (κ2) is 7.43. The first-order valence-electron chi connectivity index (χ1n) is 7.19. The van der Waals surface area contributed by atoms with Crippen LogP contribution in [0.3, 0.4) is 0 Å². The number of benzene rings is 2. The zero-order valence-electron chi connectivity index (χ0n) is 12.7. The van der Waals surface area contributed by atoms with Crippen molar-refractivity contribution in [3.63, 3.8) is 0 Å². The first-order valence-corrected chi connectivity index (χ1v) is 8.07. The minimum absolute atomic E-state index is 0.131. The molecule has 8 heteroatoms. The summed E-state index contributed by atoms with van der Waals surface area (Å²) in [5.74, 6) is -3.63. The lowest BCUT2D eigenvalue weighted by Crippen LogP contribution is -2.12. The van der Waals surface area contributed by atoms with Gasteiger partial charge in [0.2, 0.25) is 0 Å². The number of nitrogens with one attached hydrogen (secondary N) is 1. The number of hydrogen-bond donors (Lipinski definition) is 1. The highest BCUT2D eigenvalue weighted by molar-refractivity contribution is 7.99. The van der Waals surface area contributed by atoms with Gasteiger partial charge in [-0.1, -0.05) is 36.0 Å². The molecule has 0 aliphatic carbocycles. The Morgan fingerprint density at radius 1 is 1.12 bits per heavy atom. The average Bonchev–Trinajstić information content (AvgIpc) is 3.03. The number of thioether (sulfide) groups is 1. The molecule has 1 heterocycles. The van der Waals surface area contributed by atoms with Crippen molar-refractivity contribution < 1.29 is 18.0 Å². The van der Waals surface area contributed by atoms with E-state index in [1.54, 1.807) is 30.3 Å². The third-order valence-electron chi connectivity index (χ3n) is 3.29. The number of carbonyl (C=O) groups excluding carboxylic acids is 1. The van der Waals surface area contributed by atoms with E-state index in [2.05, 4.69) is 10.4 Å². The molecule has 1 amide bonds. The number of halogens is 3. The van der Waals surface area contributed by atoms with E-state index in [4.69, 9.17) is 0 Å². The molecule has 1 N–H and O–H groups in total. The number of carbonyl (C=O) groups is 1. The summed E-state index contributed by atoms with van der Waals surface area (Å²) in [6.07, 6.45) is 2.80. The van der Waals surface area contributed by atoms with Gasteiger partial charge in [0.15, 0.2) is 0 Å². The molecular weight excluding hydrogens is 351 g/mol. The predicted octanol–water partition coefficient (Wildman–Crippen LogP) is 4.58. The van der Waals surface area contributed by atoms with Crippen molar-refractivity contribution in [1.29, 1.82) is 0 Å². The van der Waals surface area contributed by atoms with Crippen LogP contribution in [0, 0.1) is 5.82 Å². The maximum Gasteiger partial charge on any atom is 0.288 e. The van der Waals surface area contributed by atoms with Gasteiger partial charge in [0, 0.05) is 4.90 Å². The van der Waals surface area contributed by atoms with Crippen LogP contribution in [-0.2, 0) is 0 Å². The van der Waals surface area contributed by atoms with Gasteiger partial charge in [0.25, 0.3) is 11.7 Å². The number of aromatic nitrogens is 2. The van der Waals surface area contributed by atoms with Crippen LogP contribution in [0.15, 0.2) is 65.8 Å². The second-order valence-corrected chi connectivity index (χ2v) is 5.99. The summed E-state index contributed by atoms with van der Waals surface area (Å²) in [7, 11) is 0. The van der Waals surface area contributed by atoms with Crippen molar-refractivity contribution in [2.45, 2.75) is 10.7 Å². The molecular formula is C17H12F3N3OS. The Morgan fingerprint density at radius 3 is 2.60 bits per heavy atom. The number of amides is 1. The quantitative estimate of drug-likeness (QED) is 0.675. The van der Waals surface area contributed by atoms with Gasteiger partial charge >= 0.3 is 0 Å². The van der Waals surface area contributed by atoms with Crippen LogP contribution in [0.4, 0.5) is 18.9 Å². The van der Waals surface area contributed by atoms with Crippen LogP contribution in [0.5, 0.6) is 0 Å². The molecule has 3 aromatic rings. The molecule has 0 aliphatic rings. The number of para-hydroxylation sites is 1. The lowest BCUT2D eigenvalue weighted by molar-refractivity contribution is 0.102. The lowest BCUT2D eigenvalue weighted by atomic mass is 10.2. The minimum atomic E-state index is -2.63. The summed E-state index contributed by atoms with van der Waals surface area (Å²) in [5, 5.41) is 6.58. The summed E-state index contributed by atoms with van der Waals surface area (Å²) in [6.45, 7) is 0. The molecule has 0 saturated carbocycles. The summed E-state index contributed by atoms with van der Waals surface area (Å²) in [5.41, 5.74) is 0.688. The fourth-order valence-electron chi connectivity index (χ4n) is 2.21. The Bertz CT molecular complexity index is 898. The molecule has 0 bridgehead atoms. The summed E-state index contributed by atoms with van der Waals surface area (Å²) < 4.78 is 40.3. The van der Waals surface area contributed by atoms with Gasteiger partial charge < -0.3 is 5.32 Å². The molecule has 0 saturated heterocycles. The highest BCUT2D eigenvalue weighted by Crippen LogP contribution is 2.29. The molecule has 0 atom stereocenters. The summed E-state index contributed by atoms with van der Waals surface area (Å²) in [6, 6.07) is 12.1. The third kappa shape index (κ3) is 4.03. The van der Waals surface area contributed by atoms with Gasteiger partial charge in [0.1, 0.15) is 11.5 Å². The van der Waals surface area contributed by atoms with E-state index in [0.29, 0.717) is 17.4 Å². The Kier molecular flexibility index (Phi) is 5.08. The van der Waals surface area contributed by atoms with Gasteiger partial charge in [-0.05, 0) is 24.3 Å². The Hall–Kier alpha value is -2.74. The van der Waals surface area contributed by atoms with Gasteiger partial charge in [-0.3, -0.25) is 4.79 Å². The van der Waals surface area contributed by atoms with Crippen LogP contribution >= 0.6 is 11.8 Å². The lowest BCUT2D eigenvalue weighted by Gasteiger charge is -2.08. The molecule has 0 spiro atoms. The molecule has 0 unspecified atom stereocenters. The van der Waals surface area contributed by atoms with E-state index in [0.717, 1.165) is 0 Å². The fourth-order valence-corrected chi connectivity index (χ4v) is 2.84. The average molecular weight is 363 g/mol. The maximum atomic E-state index is 13.8. The van der Waals surface area contributed by atoms with Crippen LogP contribution < -0.4 is 5.32 Å². The number of alkyl halides is 2. The van der Waals surface area contributed by atoms with Crippen molar-refractivity contribution in [1.82, 2.24) is 9.78 Å². The molecule has 25 heavy (non-hydrogen) atoms. The normalized spacial score (nSPS) is 10.9. The van der Waals surface area contributed by atoms with E-state index in [-0.39, 0.29) is 16.1 Å². The predicted molar refractivity (Wildman–Crippen MR) is 89.8 cm³/mol. The number of hydrogen-bond acceptors (Lipinski definition) is 3. The Morgan fingerprint density at radius 2 is 1.84 bits per heavy atom. The Balaban J connectivity index is 1.80. The van der Waals surface area contributed by atoms with E-state index in [1.165, 1.54) is 35.3 Å². The van der Waals surface area contributed by atoms with E-state index < -0.39 is 17.5 Å². The highest BCUT2D eigenvalue weighted by atomic mass is 32.2. The molecule has 128 valence electrons. The molecule has 1 aromatic heterocycles. The van der Waals surface area contributed by atoms with Crippen LogP contribution in [-0.4, -0.2) is 21.4 Å². The molecule has 0 fully saturated rings. The maximum absolute atomic E-state index is 13.8. The van der Waals surface area contributed by atoms with Crippen molar-refractivity contribution in [3.05, 3.63) is 72.3 Å². The third-order valence-corrected chi connectivity index (χ3v) is 4.08. The van der Waals surface area contributed by atoms with E-state index in [1.807, 2.05) is 0 Å². The van der Waals surface area contributed by atoms with Crippen LogP contribution in [0.25, 0.3) is 5.69 Å². The zero-order valence-corrected chi connectivity index (χ0v) is 13.5. The van der Waals surface area contributed by atoms with Crippen LogP contribution in [0.2, 0.25) is 0 Å². The first kappa shape index (κ1) is 17.1. The van der Waals surface area contributed by atoms with E-state index in [9.17, 15) is 18.0 Å². The second-order valence-electron chi connectivity index (χ2n) is 4.95. The SMILES string of the molecule is O=C(Nc1cnn(-c2ccccc2F)c1)c1ccccc1SC(F)F. The van der Waals surface area contributed by atoms with E-state index >= 15 is 0 Å². The summed E-state index contributed by atoms with van der Waals surface area (Å²) in [4.78, 5) is 12.5. The summed E-state index contributed by atoms with van der Waals surface area (Å²) >= 11 is 0.303.